The fraction of sp³-hybridized carbons (Fsp3) is 0.583. The molecule has 560 valence electrons. The molecule has 29 nitrogen and oxygen atoms in total. The summed E-state index contributed by atoms with van der Waals surface area (Å²) in [6.45, 7) is 3.38. The minimum Gasteiger partial charge on any atom is -0.480 e. The summed E-state index contributed by atoms with van der Waals surface area (Å²) < 4.78 is 39.0. The van der Waals surface area contributed by atoms with Crippen LogP contribution in [-0.2, 0) is 83.6 Å². The van der Waals surface area contributed by atoms with Gasteiger partial charge in [-0.05, 0) is 22.3 Å². The van der Waals surface area contributed by atoms with Gasteiger partial charge in [-0.1, -0.05) is 121 Å². The van der Waals surface area contributed by atoms with Crippen LogP contribution < -0.4 is 0 Å². The van der Waals surface area contributed by atoms with Crippen molar-refractivity contribution in [1.29, 1.82) is 0 Å². The number of carboxylic acids is 6. The second-order valence-corrected chi connectivity index (χ2v) is 25.9. The predicted octanol–water partition coefficient (Wildman–Crippen LogP) is 1.21. The van der Waals surface area contributed by atoms with Crippen molar-refractivity contribution in [3.05, 3.63) is 144 Å². The van der Waals surface area contributed by atoms with Crippen molar-refractivity contribution in [2.24, 2.45) is 5.92 Å². The Kier molecular flexibility index (Phi) is 39.5. The maximum Gasteiger partial charge on any atom is 0.317 e. The highest BCUT2D eigenvalue weighted by Gasteiger charge is 2.29. The van der Waals surface area contributed by atoms with Gasteiger partial charge in [-0.2, -0.15) is 0 Å². The summed E-state index contributed by atoms with van der Waals surface area (Å²) >= 11 is 0. The number of carbonyl (C=O) groups is 6. The zero-order chi connectivity index (χ0) is 72.4. The molecule has 6 rings (SSSR count). The second-order valence-electron chi connectivity index (χ2n) is 25.9. The molecule has 0 spiro atoms. The Morgan fingerprint density at radius 2 is 0.515 bits per heavy atom. The molecule has 0 aromatic heterocycles. The quantitative estimate of drug-likeness (QED) is 0.0309. The first-order valence-corrected chi connectivity index (χ1v) is 34.6. The number of rotatable bonds is 44. The van der Waals surface area contributed by atoms with E-state index in [4.69, 9.17) is 28.4 Å². The molecule has 2 saturated heterocycles. The minimum absolute atomic E-state index is 0.0191. The topological polar surface area (TPSA) is 349 Å². The highest BCUT2D eigenvalue weighted by atomic mass is 16.6. The third-order valence-electron chi connectivity index (χ3n) is 17.2. The summed E-state index contributed by atoms with van der Waals surface area (Å²) in [5, 5.41) is 84.6. The van der Waals surface area contributed by atoms with Gasteiger partial charge in [0.1, 0.15) is 12.2 Å². The molecule has 29 heteroatoms. The van der Waals surface area contributed by atoms with Crippen LogP contribution in [0.25, 0.3) is 0 Å². The maximum absolute atomic E-state index is 12.6. The third kappa shape index (κ3) is 37.7. The van der Waals surface area contributed by atoms with Gasteiger partial charge in [-0.15, -0.1) is 0 Å². The van der Waals surface area contributed by atoms with Crippen molar-refractivity contribution in [1.82, 2.24) is 44.1 Å². The van der Waals surface area contributed by atoms with E-state index in [-0.39, 0.29) is 216 Å². The number of hydrogen-bond acceptors (Lipinski definition) is 23. The normalized spacial score (nSPS) is 17.1. The predicted molar refractivity (Wildman–Crippen MR) is 373 cm³/mol. The lowest BCUT2D eigenvalue weighted by Crippen LogP contribution is -2.52. The Morgan fingerprint density at radius 1 is 0.307 bits per heavy atom. The lowest BCUT2D eigenvalue weighted by molar-refractivity contribution is -0.140. The number of nitrogens with zero attached hydrogens (tertiary/aromatic N) is 9. The minimum atomic E-state index is -1.16. The van der Waals surface area contributed by atoms with E-state index in [0.29, 0.717) is 26.4 Å². The summed E-state index contributed by atoms with van der Waals surface area (Å²) in [5.74, 6) is -7.00. The molecule has 101 heavy (non-hydrogen) atoms. The van der Waals surface area contributed by atoms with Crippen LogP contribution in [0.1, 0.15) is 22.3 Å². The molecular formula is C72H107N9O20. The number of hydrogen-bond donors (Lipinski definition) is 8. The van der Waals surface area contributed by atoms with E-state index in [0.717, 1.165) is 22.3 Å². The molecule has 2 fully saturated rings. The van der Waals surface area contributed by atoms with E-state index in [9.17, 15) is 69.6 Å². The molecule has 0 amide bonds. The van der Waals surface area contributed by atoms with Gasteiger partial charge in [-0.25, -0.2) is 0 Å². The molecule has 2 atom stereocenters. The molecule has 2 unspecified atom stereocenters. The van der Waals surface area contributed by atoms with Crippen LogP contribution in [0.3, 0.4) is 0 Å². The molecule has 2 aliphatic rings. The van der Waals surface area contributed by atoms with E-state index in [1.165, 1.54) is 0 Å². The van der Waals surface area contributed by atoms with Crippen LogP contribution in [0, 0.1) is 5.92 Å². The number of aliphatic hydroxyl groups excluding tert-OH is 2. The summed E-state index contributed by atoms with van der Waals surface area (Å²) in [4.78, 5) is 88.6. The van der Waals surface area contributed by atoms with Gasteiger partial charge in [-0.3, -0.25) is 72.9 Å². The van der Waals surface area contributed by atoms with Gasteiger partial charge in [0.15, 0.2) is 0 Å². The number of carboxylic acid groups (broad SMARTS) is 6. The monoisotopic (exact) mass is 1420 g/mol. The van der Waals surface area contributed by atoms with E-state index in [1.807, 2.05) is 136 Å². The largest absolute Gasteiger partial charge is 0.480 e. The van der Waals surface area contributed by atoms with Crippen LogP contribution in [0.5, 0.6) is 0 Å². The number of aliphatic carboxylic acids is 6. The van der Waals surface area contributed by atoms with Gasteiger partial charge in [0.25, 0.3) is 0 Å². The third-order valence-corrected chi connectivity index (χ3v) is 17.2. The molecule has 0 bridgehead atoms. The zero-order valence-electron chi connectivity index (χ0n) is 58.1. The zero-order valence-corrected chi connectivity index (χ0v) is 58.1. The smallest absolute Gasteiger partial charge is 0.317 e. The first kappa shape index (κ1) is 83.0. The second kappa shape index (κ2) is 48.1. The Hall–Kier alpha value is -6.98. The fourth-order valence-electron chi connectivity index (χ4n) is 12.0. The van der Waals surface area contributed by atoms with Crippen LogP contribution in [-0.4, -0.2) is 362 Å². The van der Waals surface area contributed by atoms with Crippen LogP contribution in [0.4, 0.5) is 0 Å². The van der Waals surface area contributed by atoms with Gasteiger partial charge >= 0.3 is 35.8 Å². The van der Waals surface area contributed by atoms with Crippen LogP contribution in [0.2, 0.25) is 0 Å². The highest BCUT2D eigenvalue weighted by molar-refractivity contribution is 5.71. The van der Waals surface area contributed by atoms with Crippen molar-refractivity contribution in [2.45, 2.75) is 50.8 Å². The highest BCUT2D eigenvalue weighted by Crippen LogP contribution is 2.16. The van der Waals surface area contributed by atoms with Crippen molar-refractivity contribution in [2.75, 3.05) is 216 Å². The van der Waals surface area contributed by atoms with Gasteiger partial charge in [0.05, 0.1) is 118 Å². The SMILES string of the molecule is O=C(O)CN1CCN(CC(=O)O)CCN(CC(O)CN(CC(O)CN2CCN(CC(=O)O)CCN(CC(=O)O)CCN(CC(=O)O)CC2)CC(COC(COCc2ccccc2)COCc2ccccc2)COC(COCc2ccccc2)COCc2ccccc2)CCN(CC(=O)O)CC1. The number of aliphatic hydroxyl groups is 2. The summed E-state index contributed by atoms with van der Waals surface area (Å²) in [6, 6.07) is 38.9. The fourth-order valence-corrected chi connectivity index (χ4v) is 12.0. The van der Waals surface area contributed by atoms with E-state index in [1.54, 1.807) is 29.4 Å². The first-order chi connectivity index (χ1) is 48.8. The number of β-amino-alcohol motifs (C(OH)–C–C–N with tert-alkyl or cyclic N) is 2. The molecule has 2 heterocycles. The lowest BCUT2D eigenvalue weighted by atomic mass is 10.1. The van der Waals surface area contributed by atoms with Crippen molar-refractivity contribution >= 4 is 35.8 Å². The summed E-state index contributed by atoms with van der Waals surface area (Å²) in [5.41, 5.74) is 3.85. The molecule has 8 N–H and O–H groups in total. The summed E-state index contributed by atoms with van der Waals surface area (Å²) in [6.07, 6.45) is -3.51. The van der Waals surface area contributed by atoms with Crippen LogP contribution >= 0.6 is 0 Å². The van der Waals surface area contributed by atoms with Crippen molar-refractivity contribution in [3.63, 3.8) is 0 Å². The molecule has 4 aromatic rings. The Morgan fingerprint density at radius 3 is 0.723 bits per heavy atom. The summed E-state index contributed by atoms with van der Waals surface area (Å²) in [7, 11) is 0. The Labute approximate surface area is 592 Å². The molecule has 2 aliphatic heterocycles. The first-order valence-electron chi connectivity index (χ1n) is 34.6. The molecule has 0 radical (unpaired) electrons. The van der Waals surface area contributed by atoms with Gasteiger partial charge in [0.2, 0.25) is 0 Å². The van der Waals surface area contributed by atoms with E-state index >= 15 is 0 Å². The Balaban J connectivity index is 1.34. The lowest BCUT2D eigenvalue weighted by Gasteiger charge is -2.36. The van der Waals surface area contributed by atoms with Crippen molar-refractivity contribution in [3.8, 4) is 0 Å². The van der Waals surface area contributed by atoms with E-state index in [2.05, 4.69) is 0 Å². The molecule has 4 aromatic carbocycles. The average molecular weight is 1420 g/mol. The molecule has 0 aliphatic carbocycles. The number of ether oxygens (including phenoxy) is 6. The molecular weight excluding hydrogens is 1310 g/mol. The van der Waals surface area contributed by atoms with Gasteiger partial charge < -0.3 is 69.3 Å². The number of benzene rings is 4. The van der Waals surface area contributed by atoms with Crippen LogP contribution in [0.15, 0.2) is 121 Å². The molecule has 0 saturated carbocycles. The van der Waals surface area contributed by atoms with Crippen molar-refractivity contribution < 1.29 is 98.0 Å². The standard InChI is InChI=1S/C72H107N9O20/c82-63(38-73-21-25-75(42-67(84)85)29-33-79(46-71(92)93)34-30-76(26-22-73)43-68(86)87)40-81(41-64(83)39-74-23-27-77(44-69(88)89)31-35-80(47-72(94)95)36-32-78(28-24-74)45-70(90)91)37-62(52-100-65(54-96-48-58-13-5-1-6-14-58)55-97-49-59-15-7-2-8-16-59)53-101-66(56-98-50-60-17-9-3-10-18-60)57-99-51-61-19-11-4-12-20-61/h1-20,62-66,82-83H,21-57H2,(H,84,85)(H,86,87)(H,88,89)(H,90,91)(H,92,93)(H,94,95). The average Bonchev–Trinajstić information content (AvgIpc) is 0.998. The van der Waals surface area contributed by atoms with E-state index < -0.39 is 66.1 Å². The van der Waals surface area contributed by atoms with Gasteiger partial charge in [0, 0.05) is 143 Å². The maximum atomic E-state index is 12.6. The Bertz CT molecular complexity index is 2610.